The third-order valence-corrected chi connectivity index (χ3v) is 12.8. The number of aliphatic hydroxyl groups is 1. The van der Waals surface area contributed by atoms with Crippen molar-refractivity contribution in [2.24, 2.45) is 28.6 Å². The molecule has 5 aliphatic rings. The molecule has 1 aliphatic heterocycles. The molecule has 7 rings (SSSR count). The fourth-order valence-electron chi connectivity index (χ4n) is 9.88. The molecule has 0 spiro atoms. The highest BCUT2D eigenvalue weighted by atomic mass is 32.2. The highest BCUT2D eigenvalue weighted by molar-refractivity contribution is 8.14. The number of aliphatic hydroxyl groups excluding tert-OH is 1. The van der Waals surface area contributed by atoms with Gasteiger partial charge in [0, 0.05) is 12.0 Å². The molecule has 2 aromatic rings. The largest absolute Gasteiger partial charge is 0.448 e. The lowest BCUT2D eigenvalue weighted by molar-refractivity contribution is -0.205. The number of rotatable bonds is 5. The molecule has 0 radical (unpaired) electrons. The summed E-state index contributed by atoms with van der Waals surface area (Å²) in [5.74, 6) is -0.645. The van der Waals surface area contributed by atoms with Crippen LogP contribution in [0.2, 0.25) is 0 Å². The first kappa shape index (κ1) is 30.6. The molecule has 1 aromatic heterocycles. The summed E-state index contributed by atoms with van der Waals surface area (Å²) in [6, 6.07) is 8.39. The van der Waals surface area contributed by atoms with E-state index in [-0.39, 0.29) is 39.9 Å². The molecule has 4 fully saturated rings. The molecule has 10 heteroatoms. The molecule has 2 heterocycles. The summed E-state index contributed by atoms with van der Waals surface area (Å²) in [5.41, 5.74) is 1.68. The van der Waals surface area contributed by atoms with Crippen LogP contribution in [0.3, 0.4) is 0 Å². The first-order valence-corrected chi connectivity index (χ1v) is 17.2. The maximum Gasteiger partial charge on any atom is 0.336 e. The van der Waals surface area contributed by atoms with Crippen LogP contribution in [-0.4, -0.2) is 56.1 Å². The number of halogens is 1. The molecule has 8 nitrogen and oxygen atoms in total. The summed E-state index contributed by atoms with van der Waals surface area (Å²) in [6.07, 6.45) is 8.90. The molecule has 1 N–H and O–H groups in total. The van der Waals surface area contributed by atoms with Crippen LogP contribution < -0.4 is 0 Å². The van der Waals surface area contributed by atoms with E-state index in [4.69, 9.17) is 9.47 Å². The second-order valence-corrected chi connectivity index (χ2v) is 15.1. The van der Waals surface area contributed by atoms with Gasteiger partial charge in [0.1, 0.15) is 5.82 Å². The summed E-state index contributed by atoms with van der Waals surface area (Å²) >= 11 is 0.918. The van der Waals surface area contributed by atoms with Gasteiger partial charge >= 0.3 is 5.97 Å². The fraction of sp³-hybridized carbons (Fsp3) is 0.600. The number of aromatic nitrogens is 2. The Morgan fingerprint density at radius 2 is 2.02 bits per heavy atom. The van der Waals surface area contributed by atoms with Crippen molar-refractivity contribution in [1.29, 1.82) is 5.26 Å². The van der Waals surface area contributed by atoms with Crippen LogP contribution in [-0.2, 0) is 25.5 Å². The van der Waals surface area contributed by atoms with E-state index in [1.807, 2.05) is 17.8 Å². The van der Waals surface area contributed by atoms with Crippen molar-refractivity contribution >= 4 is 28.9 Å². The summed E-state index contributed by atoms with van der Waals surface area (Å²) in [4.78, 5) is 27.5. The SMILES string of the molecule is C[C@]12Cc3cnn(-c4ccc(F)cc4)c3C=C1CC[C@@H]1[C@@H]2[C@@H](O)C[C@@]2(C)[C@H]1CC[C@]2(OC(=O)C1CCCCO1)C(=O)SCC#N. The molecule has 1 saturated heterocycles. The molecule has 0 bridgehead atoms. The third-order valence-electron chi connectivity index (χ3n) is 11.9. The monoisotopic (exact) mass is 633 g/mol. The van der Waals surface area contributed by atoms with Crippen molar-refractivity contribution < 1.29 is 28.6 Å². The number of ether oxygens (including phenoxy) is 2. The summed E-state index contributed by atoms with van der Waals surface area (Å²) < 4.78 is 27.6. The van der Waals surface area contributed by atoms with Gasteiger partial charge in [-0.1, -0.05) is 31.2 Å². The Kier molecular flexibility index (Phi) is 7.73. The zero-order chi connectivity index (χ0) is 31.6. The number of fused-ring (bicyclic) bond motifs is 6. The molecule has 8 atom stereocenters. The van der Waals surface area contributed by atoms with Crippen molar-refractivity contribution in [1.82, 2.24) is 9.78 Å². The smallest absolute Gasteiger partial charge is 0.336 e. The molecular weight excluding hydrogens is 593 g/mol. The molecule has 1 unspecified atom stereocenters. The first-order valence-electron chi connectivity index (χ1n) is 16.2. The number of carbonyl (C=O) groups excluding carboxylic acids is 2. The quantitative estimate of drug-likeness (QED) is 0.411. The third kappa shape index (κ3) is 4.72. The van der Waals surface area contributed by atoms with Crippen LogP contribution >= 0.6 is 11.8 Å². The first-order chi connectivity index (χ1) is 21.6. The lowest BCUT2D eigenvalue weighted by Gasteiger charge is -2.60. The number of nitriles is 1. The van der Waals surface area contributed by atoms with E-state index in [1.54, 1.807) is 12.1 Å². The molecule has 238 valence electrons. The van der Waals surface area contributed by atoms with Gasteiger partial charge in [-0.05, 0) is 117 Å². The van der Waals surface area contributed by atoms with E-state index in [2.05, 4.69) is 24.2 Å². The number of benzene rings is 1. The number of hydrogen-bond donors (Lipinski definition) is 1. The lowest BCUT2D eigenvalue weighted by Crippen LogP contribution is -2.63. The van der Waals surface area contributed by atoms with E-state index in [1.165, 1.54) is 17.7 Å². The normalized spacial score (nSPS) is 36.9. The highest BCUT2D eigenvalue weighted by Crippen LogP contribution is 2.69. The second kappa shape index (κ2) is 11.4. The van der Waals surface area contributed by atoms with Crippen molar-refractivity contribution in [2.45, 2.75) is 89.4 Å². The Labute approximate surface area is 267 Å². The van der Waals surface area contributed by atoms with Gasteiger partial charge in [-0.3, -0.25) is 4.79 Å². The standard InChI is InChI=1S/C35H40FN3O5S/c1-33-18-21-20-38-39(24-9-7-23(36)8-10-24)27(21)17-22(33)6-11-25-26-12-13-35(32(42)45-16-14-37,34(26,2)19-28(40)30(25)33)44-31(41)29-5-3-4-15-43-29/h7-10,17,20,25-26,28-30,40H,3-6,11-13,15-16,18-19H2,1-2H3/t25-,26-,28-,29?,30+,33-,34-,35-/m0/s1. The Morgan fingerprint density at radius 1 is 1.22 bits per heavy atom. The van der Waals surface area contributed by atoms with E-state index in [0.29, 0.717) is 32.3 Å². The molecule has 1 aromatic carbocycles. The second-order valence-electron chi connectivity index (χ2n) is 14.1. The number of esters is 1. The van der Waals surface area contributed by atoms with Gasteiger partial charge < -0.3 is 14.6 Å². The predicted molar refractivity (Wildman–Crippen MR) is 166 cm³/mol. The Morgan fingerprint density at radius 3 is 2.76 bits per heavy atom. The number of carbonyl (C=O) groups is 2. The van der Waals surface area contributed by atoms with E-state index in [0.717, 1.165) is 60.8 Å². The number of thioether (sulfide) groups is 1. The summed E-state index contributed by atoms with van der Waals surface area (Å²) in [6.45, 7) is 4.78. The molecule has 0 amide bonds. The van der Waals surface area contributed by atoms with Crippen molar-refractivity contribution in [3.05, 3.63) is 53.1 Å². The predicted octanol–water partition coefficient (Wildman–Crippen LogP) is 5.80. The average Bonchev–Trinajstić information content (AvgIpc) is 3.56. The summed E-state index contributed by atoms with van der Waals surface area (Å²) in [5, 5.41) is 25.8. The summed E-state index contributed by atoms with van der Waals surface area (Å²) in [7, 11) is 0. The van der Waals surface area contributed by atoms with Gasteiger partial charge in [-0.2, -0.15) is 10.4 Å². The number of allylic oxidation sites excluding steroid dienone is 1. The van der Waals surface area contributed by atoms with E-state index < -0.39 is 29.2 Å². The van der Waals surface area contributed by atoms with Crippen molar-refractivity contribution in [3.8, 4) is 11.8 Å². The molecular formula is C35H40FN3O5S. The minimum absolute atomic E-state index is 0.0203. The van der Waals surface area contributed by atoms with Gasteiger partial charge in [0.2, 0.25) is 5.12 Å². The molecule has 45 heavy (non-hydrogen) atoms. The maximum atomic E-state index is 14.0. The van der Waals surface area contributed by atoms with Crippen LogP contribution in [0.25, 0.3) is 11.8 Å². The van der Waals surface area contributed by atoms with E-state index >= 15 is 0 Å². The topological polar surface area (TPSA) is 114 Å². The zero-order valence-electron chi connectivity index (χ0n) is 25.8. The van der Waals surface area contributed by atoms with Gasteiger partial charge in [-0.25, -0.2) is 13.9 Å². The van der Waals surface area contributed by atoms with Crippen LogP contribution in [0.1, 0.15) is 76.5 Å². The maximum absolute atomic E-state index is 14.0. The highest BCUT2D eigenvalue weighted by Gasteiger charge is 2.71. The Hall–Kier alpha value is -3.00. The zero-order valence-corrected chi connectivity index (χ0v) is 26.7. The number of hydrogen-bond acceptors (Lipinski definition) is 8. The minimum Gasteiger partial charge on any atom is -0.448 e. The van der Waals surface area contributed by atoms with Gasteiger partial charge in [-0.15, -0.1) is 0 Å². The minimum atomic E-state index is -1.42. The van der Waals surface area contributed by atoms with Crippen LogP contribution in [0.4, 0.5) is 4.39 Å². The van der Waals surface area contributed by atoms with Gasteiger partial charge in [0.25, 0.3) is 0 Å². The average molecular weight is 634 g/mol. The number of nitrogens with zero attached hydrogens (tertiary/aromatic N) is 3. The van der Waals surface area contributed by atoms with Crippen LogP contribution in [0.15, 0.2) is 36.0 Å². The Bertz CT molecular complexity index is 1580. The van der Waals surface area contributed by atoms with Crippen LogP contribution in [0, 0.1) is 45.7 Å². The Balaban J connectivity index is 1.21. The van der Waals surface area contributed by atoms with E-state index in [9.17, 15) is 24.3 Å². The fourth-order valence-corrected chi connectivity index (χ4v) is 10.7. The molecule has 4 aliphatic carbocycles. The lowest BCUT2D eigenvalue weighted by atomic mass is 9.45. The molecule has 3 saturated carbocycles. The van der Waals surface area contributed by atoms with Gasteiger partial charge in [0.15, 0.2) is 11.7 Å². The van der Waals surface area contributed by atoms with Crippen molar-refractivity contribution in [3.63, 3.8) is 0 Å². The van der Waals surface area contributed by atoms with Crippen LogP contribution in [0.5, 0.6) is 0 Å². The van der Waals surface area contributed by atoms with Gasteiger partial charge in [0.05, 0.1) is 35.5 Å². The van der Waals surface area contributed by atoms with Crippen molar-refractivity contribution in [2.75, 3.05) is 12.4 Å².